The van der Waals surface area contributed by atoms with E-state index in [0.29, 0.717) is 6.61 Å². The van der Waals surface area contributed by atoms with Crippen LogP contribution in [-0.2, 0) is 0 Å². The number of ether oxygens (including phenoxy) is 1. The molecule has 1 N–H and O–H groups in total. The van der Waals surface area contributed by atoms with Gasteiger partial charge in [-0.3, -0.25) is 0 Å². The summed E-state index contributed by atoms with van der Waals surface area (Å²) in [6, 6.07) is 9.82. The van der Waals surface area contributed by atoms with Crippen molar-refractivity contribution in [1.29, 1.82) is 5.26 Å². The molecule has 1 aromatic rings. The van der Waals surface area contributed by atoms with Crippen molar-refractivity contribution >= 4 is 0 Å². The fourth-order valence-electron chi connectivity index (χ4n) is 2.74. The third-order valence-electron chi connectivity index (χ3n) is 3.91. The van der Waals surface area contributed by atoms with Gasteiger partial charge < -0.3 is 9.84 Å². The minimum Gasteiger partial charge on any atom is -0.494 e. The molecule has 19 heavy (non-hydrogen) atoms. The zero-order valence-corrected chi connectivity index (χ0v) is 11.4. The van der Waals surface area contributed by atoms with Gasteiger partial charge in [-0.15, -0.1) is 0 Å². The average molecular weight is 259 g/mol. The van der Waals surface area contributed by atoms with Gasteiger partial charge in [0, 0.05) is 0 Å². The second-order valence-corrected chi connectivity index (χ2v) is 5.30. The van der Waals surface area contributed by atoms with E-state index in [2.05, 4.69) is 13.0 Å². The molecule has 1 aliphatic rings. The first-order chi connectivity index (χ1) is 9.22. The van der Waals surface area contributed by atoms with E-state index in [4.69, 9.17) is 4.74 Å². The summed E-state index contributed by atoms with van der Waals surface area (Å²) in [5.41, 5.74) is 0.221. The Morgan fingerprint density at radius 1 is 1.32 bits per heavy atom. The molecule has 0 aliphatic heterocycles. The lowest BCUT2D eigenvalue weighted by atomic mass is 9.79. The van der Waals surface area contributed by atoms with Crippen molar-refractivity contribution in [3.05, 3.63) is 29.8 Å². The van der Waals surface area contributed by atoms with Gasteiger partial charge in [0.1, 0.15) is 5.75 Å². The Bertz CT molecular complexity index is 441. The molecule has 0 aromatic heterocycles. The second-order valence-electron chi connectivity index (χ2n) is 5.30. The van der Waals surface area contributed by atoms with Gasteiger partial charge in [-0.1, -0.05) is 31.9 Å². The van der Waals surface area contributed by atoms with Crippen LogP contribution < -0.4 is 4.74 Å². The van der Waals surface area contributed by atoms with Crippen LogP contribution >= 0.6 is 0 Å². The molecule has 1 aromatic carbocycles. The number of benzene rings is 1. The third-order valence-corrected chi connectivity index (χ3v) is 3.91. The molecular weight excluding hydrogens is 238 g/mol. The van der Waals surface area contributed by atoms with Crippen LogP contribution in [0.3, 0.4) is 0 Å². The molecule has 2 rings (SSSR count). The quantitative estimate of drug-likeness (QED) is 0.879. The fraction of sp³-hybridized carbons (Fsp3) is 0.562. The predicted octanol–water partition coefficient (Wildman–Crippen LogP) is 3.59. The van der Waals surface area contributed by atoms with Gasteiger partial charge in [0.25, 0.3) is 0 Å². The van der Waals surface area contributed by atoms with Gasteiger partial charge in [0.15, 0.2) is 0 Å². The van der Waals surface area contributed by atoms with Gasteiger partial charge in [0.2, 0.25) is 0 Å². The summed E-state index contributed by atoms with van der Waals surface area (Å²) in [5.74, 6) is 0.815. The van der Waals surface area contributed by atoms with E-state index < -0.39 is 11.5 Å². The Morgan fingerprint density at radius 3 is 2.47 bits per heavy atom. The van der Waals surface area contributed by atoms with Crippen molar-refractivity contribution in [2.75, 3.05) is 6.61 Å². The molecular formula is C16H21NO2. The molecule has 3 nitrogen and oxygen atoms in total. The van der Waals surface area contributed by atoms with Crippen molar-refractivity contribution in [1.82, 2.24) is 0 Å². The Kier molecular flexibility index (Phi) is 4.44. The number of nitriles is 1. The summed E-state index contributed by atoms with van der Waals surface area (Å²) < 4.78 is 5.52. The number of rotatable bonds is 5. The predicted molar refractivity (Wildman–Crippen MR) is 73.7 cm³/mol. The lowest BCUT2D eigenvalue weighted by Gasteiger charge is -2.27. The van der Waals surface area contributed by atoms with Crippen molar-refractivity contribution in [2.45, 2.75) is 45.1 Å². The van der Waals surface area contributed by atoms with E-state index in [1.165, 1.54) is 0 Å². The van der Waals surface area contributed by atoms with Crippen LogP contribution in [0, 0.1) is 16.7 Å². The molecule has 1 fully saturated rings. The van der Waals surface area contributed by atoms with Crippen LogP contribution in [0.15, 0.2) is 24.3 Å². The Morgan fingerprint density at radius 2 is 1.95 bits per heavy atom. The van der Waals surface area contributed by atoms with E-state index >= 15 is 0 Å². The zero-order valence-electron chi connectivity index (χ0n) is 11.4. The standard InChI is InChI=1S/C16H21NO2/c1-2-11-19-14-7-5-13(6-8-14)15(18)16(12-17)9-3-4-10-16/h5-8,15,18H,2-4,9-11H2,1H3. The smallest absolute Gasteiger partial charge is 0.119 e. The third kappa shape index (κ3) is 2.90. The maximum Gasteiger partial charge on any atom is 0.119 e. The Balaban J connectivity index is 2.11. The minimum absolute atomic E-state index is 0.591. The van der Waals surface area contributed by atoms with Crippen LogP contribution in [0.4, 0.5) is 0 Å². The molecule has 0 amide bonds. The van der Waals surface area contributed by atoms with Crippen molar-refractivity contribution in [2.24, 2.45) is 5.41 Å². The van der Waals surface area contributed by atoms with Gasteiger partial charge in [-0.25, -0.2) is 0 Å². The fourth-order valence-corrected chi connectivity index (χ4v) is 2.74. The topological polar surface area (TPSA) is 53.2 Å². The van der Waals surface area contributed by atoms with Crippen molar-refractivity contribution in [3.8, 4) is 11.8 Å². The van der Waals surface area contributed by atoms with E-state index in [9.17, 15) is 10.4 Å². The molecule has 0 heterocycles. The maximum atomic E-state index is 10.5. The van der Waals surface area contributed by atoms with Crippen molar-refractivity contribution < 1.29 is 9.84 Å². The molecule has 0 saturated heterocycles. The molecule has 3 heteroatoms. The van der Waals surface area contributed by atoms with E-state index in [1.54, 1.807) is 0 Å². The Labute approximate surface area is 114 Å². The average Bonchev–Trinajstić information content (AvgIpc) is 2.95. The lowest BCUT2D eigenvalue weighted by molar-refractivity contribution is 0.0670. The number of hydrogen-bond acceptors (Lipinski definition) is 3. The molecule has 1 unspecified atom stereocenters. The van der Waals surface area contributed by atoms with E-state index in [-0.39, 0.29) is 0 Å². The summed E-state index contributed by atoms with van der Waals surface area (Å²) in [5, 5.41) is 19.9. The first-order valence-electron chi connectivity index (χ1n) is 7.04. The van der Waals surface area contributed by atoms with Gasteiger partial charge >= 0.3 is 0 Å². The molecule has 1 saturated carbocycles. The number of aliphatic hydroxyl groups is 1. The highest BCUT2D eigenvalue weighted by atomic mass is 16.5. The lowest BCUT2D eigenvalue weighted by Crippen LogP contribution is -2.23. The zero-order chi connectivity index (χ0) is 13.7. The minimum atomic E-state index is -0.694. The summed E-state index contributed by atoms with van der Waals surface area (Å²) in [6.45, 7) is 2.76. The first kappa shape index (κ1) is 13.9. The summed E-state index contributed by atoms with van der Waals surface area (Å²) in [4.78, 5) is 0. The SMILES string of the molecule is CCCOc1ccc(C(O)C2(C#N)CCCC2)cc1. The molecule has 0 bridgehead atoms. The molecule has 1 atom stereocenters. The highest BCUT2D eigenvalue weighted by Crippen LogP contribution is 2.47. The summed E-state index contributed by atoms with van der Waals surface area (Å²) >= 11 is 0. The maximum absolute atomic E-state index is 10.5. The molecule has 102 valence electrons. The number of nitrogens with zero attached hydrogens (tertiary/aromatic N) is 1. The van der Waals surface area contributed by atoms with Crippen LogP contribution in [0.1, 0.15) is 50.7 Å². The van der Waals surface area contributed by atoms with Crippen LogP contribution in [0.25, 0.3) is 0 Å². The molecule has 0 radical (unpaired) electrons. The van der Waals surface area contributed by atoms with Crippen LogP contribution in [-0.4, -0.2) is 11.7 Å². The van der Waals surface area contributed by atoms with E-state index in [0.717, 1.165) is 43.4 Å². The molecule has 1 aliphatic carbocycles. The summed E-state index contributed by atoms with van der Waals surface area (Å²) in [7, 11) is 0. The number of hydrogen-bond donors (Lipinski definition) is 1. The van der Waals surface area contributed by atoms with Gasteiger partial charge in [-0.2, -0.15) is 5.26 Å². The normalized spacial score (nSPS) is 18.8. The largest absolute Gasteiger partial charge is 0.494 e. The molecule has 0 spiro atoms. The second kappa shape index (κ2) is 6.08. The van der Waals surface area contributed by atoms with Crippen molar-refractivity contribution in [3.63, 3.8) is 0 Å². The van der Waals surface area contributed by atoms with E-state index in [1.807, 2.05) is 24.3 Å². The monoisotopic (exact) mass is 259 g/mol. The number of aliphatic hydroxyl groups excluding tert-OH is 1. The van der Waals surface area contributed by atoms with Gasteiger partial charge in [-0.05, 0) is 37.0 Å². The van der Waals surface area contributed by atoms with Gasteiger partial charge in [0.05, 0.1) is 24.2 Å². The van der Waals surface area contributed by atoms with Crippen LogP contribution in [0.2, 0.25) is 0 Å². The summed E-state index contributed by atoms with van der Waals surface area (Å²) in [6.07, 6.45) is 3.92. The van der Waals surface area contributed by atoms with Crippen LogP contribution in [0.5, 0.6) is 5.75 Å². The highest BCUT2D eigenvalue weighted by molar-refractivity contribution is 5.31. The highest BCUT2D eigenvalue weighted by Gasteiger charge is 2.41. The Hall–Kier alpha value is -1.53. The first-order valence-corrected chi connectivity index (χ1v) is 7.04.